The fourth-order valence-electron chi connectivity index (χ4n) is 3.90. The molecule has 212 valence electrons. The maximum absolute atomic E-state index is 14.9. The van der Waals surface area contributed by atoms with E-state index < -0.39 is 23.5 Å². The van der Waals surface area contributed by atoms with Crippen molar-refractivity contribution in [3.8, 4) is 22.2 Å². The molecule has 2 aromatic carbocycles. The number of benzene rings is 2. The summed E-state index contributed by atoms with van der Waals surface area (Å²) >= 11 is 1.41. The van der Waals surface area contributed by atoms with Crippen LogP contribution >= 0.6 is 11.3 Å². The number of pyridine rings is 1. The molecule has 0 saturated heterocycles. The first kappa shape index (κ1) is 28.1. The first-order valence-electron chi connectivity index (χ1n) is 12.5. The van der Waals surface area contributed by atoms with Crippen LogP contribution in [0.4, 0.5) is 29.3 Å². The Kier molecular flexibility index (Phi) is 8.77. The van der Waals surface area contributed by atoms with Crippen molar-refractivity contribution in [3.63, 3.8) is 0 Å². The van der Waals surface area contributed by atoms with E-state index in [-0.39, 0.29) is 17.1 Å². The standard InChI is InChI=1S/C28H25F3N6O3S/c1-39-11-10-32-8-6-18-15-34-27(35-18)25-14-22-26(41-25)24(7-9-33-22)40-23-5-3-17(13-20(23)31)36-28(38)37-21-12-16(29)2-4-19(21)30/h2-5,7,9,12-15,32H,6,8,10-11H2,1H3,(H,34,35)(H2,36,37,38). The van der Waals surface area contributed by atoms with Crippen molar-refractivity contribution in [2.45, 2.75) is 6.42 Å². The fourth-order valence-corrected chi connectivity index (χ4v) is 4.92. The molecule has 0 aliphatic heterocycles. The smallest absolute Gasteiger partial charge is 0.323 e. The highest BCUT2D eigenvalue weighted by Crippen LogP contribution is 2.39. The molecule has 0 unspecified atom stereocenters. The molecule has 9 nitrogen and oxygen atoms in total. The molecule has 0 spiro atoms. The zero-order chi connectivity index (χ0) is 28.8. The van der Waals surface area contributed by atoms with E-state index in [0.29, 0.717) is 28.4 Å². The lowest BCUT2D eigenvalue weighted by atomic mass is 10.2. The van der Waals surface area contributed by atoms with Gasteiger partial charge in [-0.3, -0.25) is 4.98 Å². The van der Waals surface area contributed by atoms with E-state index in [4.69, 9.17) is 9.47 Å². The fraction of sp³-hybridized carbons (Fsp3) is 0.179. The monoisotopic (exact) mass is 582 g/mol. The number of urea groups is 1. The summed E-state index contributed by atoms with van der Waals surface area (Å²) in [7, 11) is 1.66. The molecule has 0 saturated carbocycles. The molecule has 5 aromatic rings. The average molecular weight is 583 g/mol. The third-order valence-electron chi connectivity index (χ3n) is 5.88. The summed E-state index contributed by atoms with van der Waals surface area (Å²) in [6, 6.07) is 9.15. The molecular weight excluding hydrogens is 557 g/mol. The lowest BCUT2D eigenvalue weighted by molar-refractivity contribution is 0.199. The van der Waals surface area contributed by atoms with Gasteiger partial charge in [-0.2, -0.15) is 0 Å². The van der Waals surface area contributed by atoms with Crippen LogP contribution in [-0.4, -0.2) is 47.8 Å². The van der Waals surface area contributed by atoms with Crippen molar-refractivity contribution in [2.75, 3.05) is 37.4 Å². The number of fused-ring (bicyclic) bond motifs is 1. The van der Waals surface area contributed by atoms with Crippen LogP contribution in [0, 0.1) is 17.5 Å². The van der Waals surface area contributed by atoms with E-state index in [2.05, 4.69) is 30.9 Å². The highest BCUT2D eigenvalue weighted by atomic mass is 32.1. The molecule has 4 N–H and O–H groups in total. The number of imidazole rings is 1. The largest absolute Gasteiger partial charge is 0.453 e. The SMILES string of the molecule is COCCNCCc1cnc(-c2cc3nccc(Oc4ccc(NC(=O)Nc5cc(F)ccc5F)cc4F)c3s2)[nH]1. The zero-order valence-electron chi connectivity index (χ0n) is 21.8. The Labute approximate surface area is 236 Å². The molecule has 41 heavy (non-hydrogen) atoms. The Balaban J connectivity index is 1.26. The second kappa shape index (κ2) is 12.8. The maximum Gasteiger partial charge on any atom is 0.323 e. The van der Waals surface area contributed by atoms with Crippen LogP contribution in [0.2, 0.25) is 0 Å². The van der Waals surface area contributed by atoms with E-state index in [0.717, 1.165) is 54.3 Å². The minimum absolute atomic E-state index is 0.0733. The van der Waals surface area contributed by atoms with Crippen molar-refractivity contribution in [2.24, 2.45) is 0 Å². The van der Waals surface area contributed by atoms with Crippen molar-refractivity contribution in [1.29, 1.82) is 0 Å². The summed E-state index contributed by atoms with van der Waals surface area (Å²) < 4.78 is 53.7. The van der Waals surface area contributed by atoms with E-state index in [1.807, 2.05) is 6.07 Å². The average Bonchev–Trinajstić information content (AvgIpc) is 3.60. The molecule has 13 heteroatoms. The van der Waals surface area contributed by atoms with Crippen LogP contribution in [0.15, 0.2) is 60.9 Å². The Morgan fingerprint density at radius 2 is 1.85 bits per heavy atom. The number of ether oxygens (including phenoxy) is 2. The van der Waals surface area contributed by atoms with Gasteiger partial charge in [0.2, 0.25) is 0 Å². The van der Waals surface area contributed by atoms with Crippen molar-refractivity contribution in [3.05, 3.63) is 84.1 Å². The third-order valence-corrected chi connectivity index (χ3v) is 7.02. The molecule has 3 aromatic heterocycles. The topological polar surface area (TPSA) is 113 Å². The highest BCUT2D eigenvalue weighted by molar-refractivity contribution is 7.22. The number of halogens is 3. The first-order valence-corrected chi connectivity index (χ1v) is 13.3. The number of thiophene rings is 1. The molecule has 0 atom stereocenters. The third kappa shape index (κ3) is 7.01. The second-order valence-electron chi connectivity index (χ2n) is 8.83. The van der Waals surface area contributed by atoms with Crippen molar-refractivity contribution < 1.29 is 27.4 Å². The molecular formula is C28H25F3N6O3S. The molecule has 0 aliphatic rings. The van der Waals surface area contributed by atoms with Gasteiger partial charge in [0, 0.05) is 68.6 Å². The Morgan fingerprint density at radius 3 is 2.68 bits per heavy atom. The second-order valence-corrected chi connectivity index (χ2v) is 9.89. The van der Waals surface area contributed by atoms with Crippen LogP contribution in [0.5, 0.6) is 11.5 Å². The van der Waals surface area contributed by atoms with E-state index in [1.54, 1.807) is 25.6 Å². The Hall–Kier alpha value is -4.46. The van der Waals surface area contributed by atoms with Gasteiger partial charge in [-0.25, -0.2) is 22.9 Å². The predicted octanol–water partition coefficient (Wildman–Crippen LogP) is 6.32. The molecule has 0 fully saturated rings. The van der Waals surface area contributed by atoms with E-state index in [9.17, 15) is 18.0 Å². The van der Waals surface area contributed by atoms with Gasteiger partial charge >= 0.3 is 6.03 Å². The normalized spacial score (nSPS) is 11.1. The minimum atomic E-state index is -0.868. The lowest BCUT2D eigenvalue weighted by Crippen LogP contribution is -2.21. The number of hydrogen-bond donors (Lipinski definition) is 4. The number of methoxy groups -OCH3 is 1. The van der Waals surface area contributed by atoms with Gasteiger partial charge in [0.05, 0.1) is 27.4 Å². The summed E-state index contributed by atoms with van der Waals surface area (Å²) in [6.07, 6.45) is 4.14. The van der Waals surface area contributed by atoms with Gasteiger partial charge in [0.25, 0.3) is 0 Å². The number of aromatic nitrogens is 3. The molecule has 0 radical (unpaired) electrons. The molecule has 0 aliphatic carbocycles. The summed E-state index contributed by atoms with van der Waals surface area (Å²) in [5, 5.41) is 7.86. The number of carbonyl (C=O) groups is 1. The predicted molar refractivity (Wildman–Crippen MR) is 151 cm³/mol. The number of nitrogens with zero attached hydrogens (tertiary/aromatic N) is 2. The summed E-state index contributed by atoms with van der Waals surface area (Å²) in [4.78, 5) is 25.3. The number of aromatic amines is 1. The lowest BCUT2D eigenvalue weighted by Gasteiger charge is -2.11. The summed E-state index contributed by atoms with van der Waals surface area (Å²) in [5.41, 5.74) is 1.39. The number of amides is 2. The van der Waals surface area contributed by atoms with Crippen LogP contribution in [-0.2, 0) is 11.2 Å². The number of carbonyl (C=O) groups excluding carboxylic acids is 1. The Bertz CT molecular complexity index is 1680. The number of anilines is 2. The quantitative estimate of drug-likeness (QED) is 0.136. The van der Waals surface area contributed by atoms with E-state index >= 15 is 0 Å². The van der Waals surface area contributed by atoms with Crippen molar-refractivity contribution >= 4 is 39.0 Å². The van der Waals surface area contributed by atoms with Crippen LogP contribution in [0.1, 0.15) is 5.69 Å². The first-order chi connectivity index (χ1) is 19.9. The van der Waals surface area contributed by atoms with Gasteiger partial charge in [0.1, 0.15) is 23.2 Å². The number of hydrogen-bond acceptors (Lipinski definition) is 7. The maximum atomic E-state index is 14.9. The minimum Gasteiger partial charge on any atom is -0.453 e. The van der Waals surface area contributed by atoms with Gasteiger partial charge in [-0.05, 0) is 30.3 Å². The van der Waals surface area contributed by atoms with Gasteiger partial charge in [-0.1, -0.05) is 0 Å². The summed E-state index contributed by atoms with van der Waals surface area (Å²) in [5.74, 6) is -1.24. The van der Waals surface area contributed by atoms with Gasteiger partial charge in [-0.15, -0.1) is 11.3 Å². The molecule has 0 bridgehead atoms. The van der Waals surface area contributed by atoms with Crippen molar-refractivity contribution in [1.82, 2.24) is 20.3 Å². The molecule has 3 heterocycles. The summed E-state index contributed by atoms with van der Waals surface area (Å²) in [6.45, 7) is 2.21. The molecule has 5 rings (SSSR count). The van der Waals surface area contributed by atoms with E-state index in [1.165, 1.54) is 23.5 Å². The van der Waals surface area contributed by atoms with Gasteiger partial charge in [0.15, 0.2) is 11.6 Å². The van der Waals surface area contributed by atoms with Crippen LogP contribution in [0.3, 0.4) is 0 Å². The highest BCUT2D eigenvalue weighted by Gasteiger charge is 2.15. The number of rotatable bonds is 11. The van der Waals surface area contributed by atoms with Crippen LogP contribution in [0.25, 0.3) is 20.9 Å². The Morgan fingerprint density at radius 1 is 0.976 bits per heavy atom. The zero-order valence-corrected chi connectivity index (χ0v) is 22.6. The molecule has 2 amide bonds. The van der Waals surface area contributed by atoms with Gasteiger partial charge < -0.3 is 30.4 Å². The number of H-pyrrole nitrogens is 1. The number of nitrogens with one attached hydrogen (secondary N) is 4. The van der Waals surface area contributed by atoms with Crippen LogP contribution < -0.4 is 20.7 Å².